The first-order chi connectivity index (χ1) is 9.40. The van der Waals surface area contributed by atoms with Crippen LogP contribution in [0.25, 0.3) is 0 Å². The van der Waals surface area contributed by atoms with Crippen molar-refractivity contribution in [2.75, 3.05) is 13.2 Å². The summed E-state index contributed by atoms with van der Waals surface area (Å²) in [5.41, 5.74) is 1.82. The van der Waals surface area contributed by atoms with E-state index in [0.29, 0.717) is 13.0 Å². The number of alkyl carbamates (subject to hydrolysis) is 1. The zero-order valence-corrected chi connectivity index (χ0v) is 12.5. The molecule has 1 N–H and O–H groups in total. The molecule has 0 atom stereocenters. The summed E-state index contributed by atoms with van der Waals surface area (Å²) in [5.74, 6) is 0. The molecule has 0 aromatic heterocycles. The number of carbonyl (C=O) groups excluding carboxylic acids is 1. The number of halogens is 1. The zero-order chi connectivity index (χ0) is 15.0. The van der Waals surface area contributed by atoms with Crippen LogP contribution < -0.4 is 5.32 Å². The van der Waals surface area contributed by atoms with E-state index in [9.17, 15) is 9.18 Å². The Balaban J connectivity index is 2.30. The van der Waals surface area contributed by atoms with Crippen LogP contribution >= 0.6 is 0 Å². The molecule has 4 heteroatoms. The molecule has 1 aromatic rings. The first-order valence-electron chi connectivity index (χ1n) is 7.01. The lowest BCUT2D eigenvalue weighted by molar-refractivity contribution is 0.0528. The SMILES string of the molecule is CC(C)(C)OC(=O)NCCc1ccc(CCCF)cc1. The molecular weight excluding hydrogens is 257 g/mol. The van der Waals surface area contributed by atoms with E-state index < -0.39 is 11.7 Å². The van der Waals surface area contributed by atoms with Crippen molar-refractivity contribution < 1.29 is 13.9 Å². The number of hydrogen-bond acceptors (Lipinski definition) is 2. The highest BCUT2D eigenvalue weighted by atomic mass is 19.1. The van der Waals surface area contributed by atoms with Gasteiger partial charge in [0, 0.05) is 6.54 Å². The Morgan fingerprint density at radius 2 is 1.70 bits per heavy atom. The average molecular weight is 281 g/mol. The molecule has 0 spiro atoms. The van der Waals surface area contributed by atoms with E-state index in [1.807, 2.05) is 45.0 Å². The molecule has 1 rings (SSSR count). The van der Waals surface area contributed by atoms with Crippen LogP contribution in [0.1, 0.15) is 38.3 Å². The summed E-state index contributed by atoms with van der Waals surface area (Å²) in [4.78, 5) is 11.5. The number of nitrogens with one attached hydrogen (secondary N) is 1. The predicted molar refractivity (Wildman–Crippen MR) is 78.7 cm³/mol. The maximum Gasteiger partial charge on any atom is 0.407 e. The van der Waals surface area contributed by atoms with Crippen molar-refractivity contribution in [2.24, 2.45) is 0 Å². The molecule has 112 valence electrons. The highest BCUT2D eigenvalue weighted by Crippen LogP contribution is 2.08. The van der Waals surface area contributed by atoms with E-state index in [1.54, 1.807) is 0 Å². The number of amides is 1. The van der Waals surface area contributed by atoms with Gasteiger partial charge in [-0.2, -0.15) is 0 Å². The molecule has 3 nitrogen and oxygen atoms in total. The molecule has 0 bridgehead atoms. The van der Waals surface area contributed by atoms with Gasteiger partial charge in [0.2, 0.25) is 0 Å². The Bertz CT molecular complexity index is 409. The van der Waals surface area contributed by atoms with Crippen LogP contribution in [0, 0.1) is 0 Å². The van der Waals surface area contributed by atoms with Crippen molar-refractivity contribution in [3.8, 4) is 0 Å². The van der Waals surface area contributed by atoms with Crippen LogP contribution in [0.5, 0.6) is 0 Å². The largest absolute Gasteiger partial charge is 0.444 e. The van der Waals surface area contributed by atoms with Gasteiger partial charge in [-0.3, -0.25) is 4.39 Å². The Labute approximate surface area is 120 Å². The van der Waals surface area contributed by atoms with Crippen LogP contribution in [-0.4, -0.2) is 24.9 Å². The second-order valence-corrected chi connectivity index (χ2v) is 5.79. The molecule has 1 aromatic carbocycles. The lowest BCUT2D eigenvalue weighted by Crippen LogP contribution is -2.33. The predicted octanol–water partition coefficient (Wildman–Crippen LogP) is 3.66. The molecule has 20 heavy (non-hydrogen) atoms. The third-order valence-electron chi connectivity index (χ3n) is 2.70. The van der Waals surface area contributed by atoms with Crippen LogP contribution in [0.2, 0.25) is 0 Å². The highest BCUT2D eigenvalue weighted by molar-refractivity contribution is 5.67. The van der Waals surface area contributed by atoms with Gasteiger partial charge < -0.3 is 10.1 Å². The number of hydrogen-bond donors (Lipinski definition) is 1. The van der Waals surface area contributed by atoms with E-state index in [-0.39, 0.29) is 6.67 Å². The summed E-state index contributed by atoms with van der Waals surface area (Å²) in [5, 5.41) is 2.73. The minimum absolute atomic E-state index is 0.276. The third-order valence-corrected chi connectivity index (χ3v) is 2.70. The van der Waals surface area contributed by atoms with Crippen LogP contribution in [0.15, 0.2) is 24.3 Å². The standard InChI is InChI=1S/C16H24FNO2/c1-16(2,3)20-15(19)18-12-10-14-8-6-13(7-9-14)5-4-11-17/h6-9H,4-5,10-12H2,1-3H3,(H,18,19). The molecule has 0 aliphatic carbocycles. The van der Waals surface area contributed by atoms with Gasteiger partial charge in [-0.15, -0.1) is 0 Å². The summed E-state index contributed by atoms with van der Waals surface area (Å²) in [7, 11) is 0. The summed E-state index contributed by atoms with van der Waals surface area (Å²) in [6, 6.07) is 8.06. The first-order valence-corrected chi connectivity index (χ1v) is 7.01. The van der Waals surface area contributed by atoms with Crippen molar-refractivity contribution in [3.63, 3.8) is 0 Å². The summed E-state index contributed by atoms with van der Waals surface area (Å²) >= 11 is 0. The highest BCUT2D eigenvalue weighted by Gasteiger charge is 2.15. The van der Waals surface area contributed by atoms with Crippen molar-refractivity contribution in [3.05, 3.63) is 35.4 Å². The molecule has 1 amide bonds. The Kier molecular flexibility index (Phi) is 6.49. The van der Waals surface area contributed by atoms with Gasteiger partial charge in [0.15, 0.2) is 0 Å². The lowest BCUT2D eigenvalue weighted by Gasteiger charge is -2.19. The lowest BCUT2D eigenvalue weighted by atomic mass is 10.1. The molecule has 0 heterocycles. The Morgan fingerprint density at radius 3 is 2.20 bits per heavy atom. The summed E-state index contributed by atoms with van der Waals surface area (Å²) < 4.78 is 17.2. The van der Waals surface area contributed by atoms with E-state index in [2.05, 4.69) is 5.32 Å². The number of rotatable bonds is 6. The molecule has 0 aliphatic rings. The van der Waals surface area contributed by atoms with Crippen molar-refractivity contribution in [1.29, 1.82) is 0 Å². The van der Waals surface area contributed by atoms with Crippen LogP contribution in [0.3, 0.4) is 0 Å². The smallest absolute Gasteiger partial charge is 0.407 e. The van der Waals surface area contributed by atoms with Crippen LogP contribution in [-0.2, 0) is 17.6 Å². The Morgan fingerprint density at radius 1 is 1.15 bits per heavy atom. The minimum Gasteiger partial charge on any atom is -0.444 e. The van der Waals surface area contributed by atoms with Gasteiger partial charge in [0.1, 0.15) is 5.60 Å². The zero-order valence-electron chi connectivity index (χ0n) is 12.5. The number of aryl methyl sites for hydroxylation is 1. The molecule has 0 radical (unpaired) electrons. The van der Waals surface area contributed by atoms with Gasteiger partial charge in [0.25, 0.3) is 0 Å². The van der Waals surface area contributed by atoms with E-state index in [4.69, 9.17) is 4.74 Å². The fourth-order valence-electron chi connectivity index (χ4n) is 1.77. The molecule has 0 unspecified atom stereocenters. The van der Waals surface area contributed by atoms with E-state index in [1.165, 1.54) is 0 Å². The van der Waals surface area contributed by atoms with Crippen LogP contribution in [0.4, 0.5) is 9.18 Å². The maximum absolute atomic E-state index is 12.1. The van der Waals surface area contributed by atoms with E-state index in [0.717, 1.165) is 24.0 Å². The third kappa shape index (κ3) is 7.12. The number of ether oxygens (including phenoxy) is 1. The van der Waals surface area contributed by atoms with Gasteiger partial charge in [-0.25, -0.2) is 4.79 Å². The average Bonchev–Trinajstić information content (AvgIpc) is 2.35. The molecular formula is C16H24FNO2. The van der Waals surface area contributed by atoms with Gasteiger partial charge >= 0.3 is 6.09 Å². The first kappa shape index (κ1) is 16.5. The second kappa shape index (κ2) is 7.88. The monoisotopic (exact) mass is 281 g/mol. The van der Waals surface area contributed by atoms with Gasteiger partial charge in [-0.1, -0.05) is 24.3 Å². The molecule has 0 saturated carbocycles. The van der Waals surface area contributed by atoms with E-state index >= 15 is 0 Å². The fourth-order valence-corrected chi connectivity index (χ4v) is 1.77. The molecule has 0 saturated heterocycles. The number of alkyl halides is 1. The second-order valence-electron chi connectivity index (χ2n) is 5.79. The number of benzene rings is 1. The van der Waals surface area contributed by atoms with Crippen molar-refractivity contribution >= 4 is 6.09 Å². The maximum atomic E-state index is 12.1. The summed E-state index contributed by atoms with van der Waals surface area (Å²) in [6.45, 7) is 5.77. The topological polar surface area (TPSA) is 38.3 Å². The Hall–Kier alpha value is -1.58. The van der Waals surface area contributed by atoms with Crippen molar-refractivity contribution in [2.45, 2.75) is 45.6 Å². The number of carbonyl (C=O) groups is 1. The molecule has 0 aliphatic heterocycles. The molecule has 0 fully saturated rings. The minimum atomic E-state index is -0.470. The summed E-state index contributed by atoms with van der Waals surface area (Å²) in [6.07, 6.45) is 1.70. The van der Waals surface area contributed by atoms with Gasteiger partial charge in [0.05, 0.1) is 6.67 Å². The normalized spacial score (nSPS) is 11.2. The van der Waals surface area contributed by atoms with Crippen molar-refractivity contribution in [1.82, 2.24) is 5.32 Å². The quantitative estimate of drug-likeness (QED) is 0.864. The fraction of sp³-hybridized carbons (Fsp3) is 0.562. The van der Waals surface area contributed by atoms with Gasteiger partial charge in [-0.05, 0) is 51.2 Å².